The highest BCUT2D eigenvalue weighted by Crippen LogP contribution is 2.26. The van der Waals surface area contributed by atoms with Crippen LogP contribution in [0.4, 0.5) is 0 Å². The first-order chi connectivity index (χ1) is 13.1. The van der Waals surface area contributed by atoms with E-state index in [1.54, 1.807) is 30.4 Å². The molecule has 5 nitrogen and oxygen atoms in total. The molecule has 1 amide bonds. The molecule has 0 spiro atoms. The molecule has 0 aromatic heterocycles. The van der Waals surface area contributed by atoms with E-state index in [4.69, 9.17) is 4.74 Å². The summed E-state index contributed by atoms with van der Waals surface area (Å²) in [5.74, 6) is 0.498. The Morgan fingerprint density at radius 1 is 1.15 bits per heavy atom. The number of carbonyl (C=O) groups is 1. The van der Waals surface area contributed by atoms with Crippen molar-refractivity contribution in [2.45, 2.75) is 13.5 Å². The molecule has 2 aromatic carbocycles. The predicted octanol–water partition coefficient (Wildman–Crippen LogP) is 3.07. The average Bonchev–Trinajstić information content (AvgIpc) is 2.69. The zero-order valence-electron chi connectivity index (χ0n) is 15.9. The van der Waals surface area contributed by atoms with E-state index in [9.17, 15) is 9.90 Å². The zero-order chi connectivity index (χ0) is 19.2. The Balaban J connectivity index is 1.53. The molecule has 3 rings (SSSR count). The lowest BCUT2D eigenvalue weighted by molar-refractivity contribution is -0.127. The summed E-state index contributed by atoms with van der Waals surface area (Å²) < 4.78 is 5.09. The number of rotatable bonds is 5. The molecule has 0 bridgehead atoms. The van der Waals surface area contributed by atoms with Crippen molar-refractivity contribution in [3.63, 3.8) is 0 Å². The van der Waals surface area contributed by atoms with Gasteiger partial charge in [0.2, 0.25) is 5.91 Å². The highest BCUT2D eigenvalue weighted by molar-refractivity contribution is 5.92. The first-order valence-electron chi connectivity index (χ1n) is 9.17. The Labute approximate surface area is 160 Å². The number of hydrogen-bond donors (Lipinski definition) is 1. The van der Waals surface area contributed by atoms with Gasteiger partial charge in [0, 0.05) is 38.8 Å². The number of methoxy groups -OCH3 is 1. The van der Waals surface area contributed by atoms with Gasteiger partial charge in [-0.15, -0.1) is 0 Å². The average molecular weight is 366 g/mol. The third-order valence-corrected chi connectivity index (χ3v) is 4.96. The lowest BCUT2D eigenvalue weighted by atomic mass is 10.1. The highest BCUT2D eigenvalue weighted by Gasteiger charge is 2.19. The molecule has 0 saturated carbocycles. The fourth-order valence-corrected chi connectivity index (χ4v) is 3.23. The Kier molecular flexibility index (Phi) is 6.14. The van der Waals surface area contributed by atoms with Crippen LogP contribution in [0.1, 0.15) is 16.7 Å². The van der Waals surface area contributed by atoms with Crippen molar-refractivity contribution in [2.24, 2.45) is 0 Å². The number of phenolic OH excluding ortho intramolecular Hbond substituents is 1. The minimum absolute atomic E-state index is 0.0117. The number of aryl methyl sites for hydroxylation is 1. The Morgan fingerprint density at radius 3 is 2.59 bits per heavy atom. The summed E-state index contributed by atoms with van der Waals surface area (Å²) in [4.78, 5) is 16.7. The van der Waals surface area contributed by atoms with Crippen molar-refractivity contribution in [1.82, 2.24) is 9.80 Å². The van der Waals surface area contributed by atoms with Crippen LogP contribution in [0.5, 0.6) is 11.5 Å². The lowest BCUT2D eigenvalue weighted by Gasteiger charge is -2.34. The van der Waals surface area contributed by atoms with Crippen molar-refractivity contribution in [1.29, 1.82) is 0 Å². The standard InChI is InChI=1S/C22H26N2O3/c1-17-5-3-4-6-19(17)16-23-11-13-24(14-12-23)22(26)10-8-18-7-9-20(25)21(15-18)27-2/h3-10,15,25H,11-14,16H2,1-2H3/b10-8+. The number of carbonyl (C=O) groups excluding carboxylic acids is 1. The van der Waals surface area contributed by atoms with Crippen molar-refractivity contribution in [3.05, 3.63) is 65.2 Å². The van der Waals surface area contributed by atoms with E-state index in [1.165, 1.54) is 18.2 Å². The maximum atomic E-state index is 12.5. The second-order valence-corrected chi connectivity index (χ2v) is 6.79. The van der Waals surface area contributed by atoms with Crippen LogP contribution in [-0.4, -0.2) is 54.1 Å². The van der Waals surface area contributed by atoms with Crippen molar-refractivity contribution < 1.29 is 14.6 Å². The van der Waals surface area contributed by atoms with E-state index in [0.29, 0.717) is 5.75 Å². The van der Waals surface area contributed by atoms with E-state index in [-0.39, 0.29) is 11.7 Å². The summed E-state index contributed by atoms with van der Waals surface area (Å²) in [5, 5.41) is 9.63. The first kappa shape index (κ1) is 19.0. The number of amides is 1. The van der Waals surface area contributed by atoms with Crippen LogP contribution >= 0.6 is 0 Å². The van der Waals surface area contributed by atoms with E-state index >= 15 is 0 Å². The Bertz CT molecular complexity index is 824. The van der Waals surface area contributed by atoms with Gasteiger partial charge in [-0.3, -0.25) is 9.69 Å². The van der Waals surface area contributed by atoms with Crippen LogP contribution in [0.2, 0.25) is 0 Å². The number of benzene rings is 2. The maximum Gasteiger partial charge on any atom is 0.246 e. The van der Waals surface area contributed by atoms with E-state index in [0.717, 1.165) is 38.3 Å². The molecule has 1 aliphatic heterocycles. The number of phenols is 1. The highest BCUT2D eigenvalue weighted by atomic mass is 16.5. The molecule has 5 heteroatoms. The summed E-state index contributed by atoms with van der Waals surface area (Å²) in [6, 6.07) is 13.5. The smallest absolute Gasteiger partial charge is 0.246 e. The molecule has 142 valence electrons. The second kappa shape index (κ2) is 8.73. The van der Waals surface area contributed by atoms with E-state index in [1.807, 2.05) is 4.90 Å². The Morgan fingerprint density at radius 2 is 1.89 bits per heavy atom. The molecule has 1 N–H and O–H groups in total. The van der Waals surface area contributed by atoms with Crippen LogP contribution < -0.4 is 4.74 Å². The summed E-state index contributed by atoms with van der Waals surface area (Å²) in [6.45, 7) is 6.28. The van der Waals surface area contributed by atoms with Crippen molar-refractivity contribution in [2.75, 3.05) is 33.3 Å². The molecular weight excluding hydrogens is 340 g/mol. The van der Waals surface area contributed by atoms with Crippen LogP contribution in [0.15, 0.2) is 48.5 Å². The molecule has 0 radical (unpaired) electrons. The third kappa shape index (κ3) is 4.89. The van der Waals surface area contributed by atoms with Crippen LogP contribution in [-0.2, 0) is 11.3 Å². The van der Waals surface area contributed by atoms with Crippen LogP contribution in [0, 0.1) is 6.92 Å². The van der Waals surface area contributed by atoms with Crippen molar-refractivity contribution >= 4 is 12.0 Å². The maximum absolute atomic E-state index is 12.5. The van der Waals surface area contributed by atoms with Gasteiger partial charge in [0.05, 0.1) is 7.11 Å². The van der Waals surface area contributed by atoms with E-state index in [2.05, 4.69) is 36.1 Å². The minimum atomic E-state index is 0.0117. The van der Waals surface area contributed by atoms with Crippen molar-refractivity contribution in [3.8, 4) is 11.5 Å². The van der Waals surface area contributed by atoms with Crippen LogP contribution in [0.3, 0.4) is 0 Å². The number of hydrogen-bond acceptors (Lipinski definition) is 4. The first-order valence-corrected chi connectivity index (χ1v) is 9.17. The number of piperazine rings is 1. The fraction of sp³-hybridized carbons (Fsp3) is 0.318. The number of aromatic hydroxyl groups is 1. The molecule has 1 aliphatic rings. The van der Waals surface area contributed by atoms with Gasteiger partial charge in [0.25, 0.3) is 0 Å². The summed E-state index contributed by atoms with van der Waals surface area (Å²) in [5.41, 5.74) is 3.47. The Hall–Kier alpha value is -2.79. The predicted molar refractivity (Wildman–Crippen MR) is 107 cm³/mol. The minimum Gasteiger partial charge on any atom is -0.504 e. The molecule has 27 heavy (non-hydrogen) atoms. The number of nitrogens with zero attached hydrogens (tertiary/aromatic N) is 2. The van der Waals surface area contributed by atoms with Gasteiger partial charge in [-0.25, -0.2) is 0 Å². The van der Waals surface area contributed by atoms with Gasteiger partial charge in [0.15, 0.2) is 11.5 Å². The molecular formula is C22H26N2O3. The molecule has 0 unspecified atom stereocenters. The summed E-state index contributed by atoms with van der Waals surface area (Å²) in [7, 11) is 1.50. The normalized spacial score (nSPS) is 15.3. The van der Waals surface area contributed by atoms with Gasteiger partial charge >= 0.3 is 0 Å². The second-order valence-electron chi connectivity index (χ2n) is 6.79. The van der Waals surface area contributed by atoms with Gasteiger partial charge in [0.1, 0.15) is 0 Å². The van der Waals surface area contributed by atoms with Gasteiger partial charge in [-0.2, -0.15) is 0 Å². The fourth-order valence-electron chi connectivity index (χ4n) is 3.23. The molecule has 0 aliphatic carbocycles. The van der Waals surface area contributed by atoms with Gasteiger partial charge in [-0.1, -0.05) is 30.3 Å². The SMILES string of the molecule is COc1cc(/C=C/C(=O)N2CCN(Cc3ccccc3C)CC2)ccc1O. The number of ether oxygens (including phenoxy) is 1. The summed E-state index contributed by atoms with van der Waals surface area (Å²) in [6.07, 6.45) is 3.34. The quantitative estimate of drug-likeness (QED) is 0.827. The monoisotopic (exact) mass is 366 g/mol. The molecule has 0 atom stereocenters. The largest absolute Gasteiger partial charge is 0.504 e. The topological polar surface area (TPSA) is 53.0 Å². The zero-order valence-corrected chi connectivity index (χ0v) is 15.9. The molecule has 1 fully saturated rings. The molecule has 1 saturated heterocycles. The van der Waals surface area contributed by atoms with Gasteiger partial charge in [-0.05, 0) is 41.8 Å². The lowest BCUT2D eigenvalue weighted by Crippen LogP contribution is -2.47. The summed E-state index contributed by atoms with van der Waals surface area (Å²) >= 11 is 0. The van der Waals surface area contributed by atoms with E-state index < -0.39 is 0 Å². The third-order valence-electron chi connectivity index (χ3n) is 4.96. The van der Waals surface area contributed by atoms with Gasteiger partial charge < -0.3 is 14.7 Å². The molecule has 1 heterocycles. The van der Waals surface area contributed by atoms with Crippen LogP contribution in [0.25, 0.3) is 6.08 Å². The molecule has 2 aromatic rings.